The summed E-state index contributed by atoms with van der Waals surface area (Å²) in [6.07, 6.45) is 0. The number of benzene rings is 2. The number of rotatable bonds is 3. The summed E-state index contributed by atoms with van der Waals surface area (Å²) in [5.41, 5.74) is 2.27. The molecule has 0 saturated heterocycles. The number of hydrogen-bond donors (Lipinski definition) is 1. The first kappa shape index (κ1) is 14.5. The molecule has 2 aromatic rings. The minimum absolute atomic E-state index is 0.119. The second-order valence-corrected chi connectivity index (χ2v) is 5.89. The molecule has 0 unspecified atom stereocenters. The van der Waals surface area contributed by atoms with Gasteiger partial charge in [-0.25, -0.2) is 8.78 Å². The molecule has 0 atom stereocenters. The zero-order valence-electron chi connectivity index (χ0n) is 10.1. The van der Waals surface area contributed by atoms with Gasteiger partial charge in [0.25, 0.3) is 0 Å². The Morgan fingerprint density at radius 1 is 1.00 bits per heavy atom. The lowest BCUT2D eigenvalue weighted by molar-refractivity contribution is 0.596. The Morgan fingerprint density at radius 3 is 2.42 bits per heavy atom. The second-order valence-electron chi connectivity index (χ2n) is 4.18. The van der Waals surface area contributed by atoms with E-state index in [0.717, 1.165) is 27.7 Å². The van der Waals surface area contributed by atoms with Gasteiger partial charge in [-0.3, -0.25) is 0 Å². The number of hydrogen-bond acceptors (Lipinski definition) is 1. The Bertz CT molecular complexity index is 615. The molecule has 0 amide bonds. The fourth-order valence-electron chi connectivity index (χ4n) is 1.60. The average Bonchev–Trinajstić information content (AvgIpc) is 2.36. The van der Waals surface area contributed by atoms with Gasteiger partial charge in [0, 0.05) is 17.1 Å². The molecule has 0 fully saturated rings. The molecule has 0 heterocycles. The summed E-state index contributed by atoms with van der Waals surface area (Å²) in [5.74, 6) is -0.978. The van der Waals surface area contributed by atoms with Gasteiger partial charge < -0.3 is 5.32 Å². The van der Waals surface area contributed by atoms with Crippen LogP contribution in [0.4, 0.5) is 14.5 Å². The molecule has 2 rings (SSSR count). The number of halogens is 4. The lowest BCUT2D eigenvalue weighted by atomic mass is 10.1. The summed E-state index contributed by atoms with van der Waals surface area (Å²) in [5, 5.41) is 2.89. The monoisotopic (exact) mass is 389 g/mol. The predicted octanol–water partition coefficient (Wildman–Crippen LogP) is 5.41. The third-order valence-corrected chi connectivity index (χ3v) is 4.19. The molecule has 2 aromatic carbocycles. The number of aryl methyl sites for hydroxylation is 1. The summed E-state index contributed by atoms with van der Waals surface area (Å²) in [7, 11) is 0. The Labute approximate surface area is 127 Å². The Balaban J connectivity index is 2.14. The molecule has 0 radical (unpaired) electrons. The molecule has 0 aliphatic heterocycles. The number of anilines is 1. The lowest BCUT2D eigenvalue weighted by Crippen LogP contribution is -2.02. The van der Waals surface area contributed by atoms with Crippen molar-refractivity contribution in [3.05, 3.63) is 62.0 Å². The van der Waals surface area contributed by atoms with Crippen LogP contribution in [0.5, 0.6) is 0 Å². The van der Waals surface area contributed by atoms with E-state index in [1.165, 1.54) is 0 Å². The lowest BCUT2D eigenvalue weighted by Gasteiger charge is -2.09. The zero-order chi connectivity index (χ0) is 14.0. The van der Waals surface area contributed by atoms with Gasteiger partial charge in [-0.15, -0.1) is 0 Å². The van der Waals surface area contributed by atoms with Crippen molar-refractivity contribution in [2.24, 2.45) is 0 Å². The second kappa shape index (κ2) is 6.01. The van der Waals surface area contributed by atoms with E-state index in [4.69, 9.17) is 0 Å². The van der Waals surface area contributed by atoms with E-state index in [1.54, 1.807) is 0 Å². The highest BCUT2D eigenvalue weighted by Gasteiger charge is 2.08. The van der Waals surface area contributed by atoms with Gasteiger partial charge >= 0.3 is 0 Å². The minimum Gasteiger partial charge on any atom is -0.379 e. The predicted molar refractivity (Wildman–Crippen MR) is 80.3 cm³/mol. The summed E-state index contributed by atoms with van der Waals surface area (Å²) >= 11 is 6.38. The highest BCUT2D eigenvalue weighted by molar-refractivity contribution is 9.10. The molecule has 5 heteroatoms. The summed E-state index contributed by atoms with van der Waals surface area (Å²) < 4.78 is 28.1. The largest absolute Gasteiger partial charge is 0.379 e. The van der Waals surface area contributed by atoms with Crippen molar-refractivity contribution < 1.29 is 8.78 Å². The average molecular weight is 391 g/mol. The van der Waals surface area contributed by atoms with Crippen LogP contribution in [0.25, 0.3) is 0 Å². The standard InChI is InChI=1S/C14H11Br2F2N/c1-8-2-3-9(4-10(8)15)7-19-14-6-12(17)11(16)5-13(14)18/h2-6,19H,7H2,1H3. The Kier molecular flexibility index (Phi) is 4.58. The van der Waals surface area contributed by atoms with Gasteiger partial charge in [0.1, 0.15) is 11.6 Å². The molecule has 19 heavy (non-hydrogen) atoms. The van der Waals surface area contributed by atoms with Crippen LogP contribution in [0.15, 0.2) is 39.3 Å². The van der Waals surface area contributed by atoms with E-state index in [9.17, 15) is 8.78 Å². The van der Waals surface area contributed by atoms with Gasteiger partial charge in [0.15, 0.2) is 0 Å². The van der Waals surface area contributed by atoms with Crippen LogP contribution in [0.2, 0.25) is 0 Å². The first-order valence-corrected chi connectivity index (χ1v) is 7.19. The molecule has 0 bridgehead atoms. The zero-order valence-corrected chi connectivity index (χ0v) is 13.3. The maximum atomic E-state index is 13.6. The van der Waals surface area contributed by atoms with Crippen LogP contribution in [0.1, 0.15) is 11.1 Å². The normalized spacial score (nSPS) is 10.6. The van der Waals surface area contributed by atoms with Crippen LogP contribution in [-0.2, 0) is 6.54 Å². The van der Waals surface area contributed by atoms with Crippen molar-refractivity contribution in [3.63, 3.8) is 0 Å². The van der Waals surface area contributed by atoms with E-state index >= 15 is 0 Å². The first-order chi connectivity index (χ1) is 8.97. The van der Waals surface area contributed by atoms with Crippen LogP contribution < -0.4 is 5.32 Å². The molecule has 0 aromatic heterocycles. The van der Waals surface area contributed by atoms with Crippen molar-refractivity contribution in [1.29, 1.82) is 0 Å². The van der Waals surface area contributed by atoms with Gasteiger partial charge in [0.05, 0.1) is 10.2 Å². The summed E-state index contributed by atoms with van der Waals surface area (Å²) in [6, 6.07) is 8.13. The van der Waals surface area contributed by atoms with Crippen molar-refractivity contribution in [2.75, 3.05) is 5.32 Å². The highest BCUT2D eigenvalue weighted by atomic mass is 79.9. The van der Waals surface area contributed by atoms with Crippen LogP contribution in [-0.4, -0.2) is 0 Å². The van der Waals surface area contributed by atoms with Crippen LogP contribution >= 0.6 is 31.9 Å². The van der Waals surface area contributed by atoms with Crippen molar-refractivity contribution in [2.45, 2.75) is 13.5 Å². The van der Waals surface area contributed by atoms with Crippen molar-refractivity contribution >= 4 is 37.5 Å². The molecule has 0 spiro atoms. The SMILES string of the molecule is Cc1ccc(CNc2cc(F)c(Br)cc2F)cc1Br. The Morgan fingerprint density at radius 2 is 1.74 bits per heavy atom. The maximum absolute atomic E-state index is 13.6. The third kappa shape index (κ3) is 3.54. The van der Waals surface area contributed by atoms with Gasteiger partial charge in [0.2, 0.25) is 0 Å². The van der Waals surface area contributed by atoms with Gasteiger partial charge in [-0.1, -0.05) is 28.1 Å². The molecular formula is C14H11Br2F2N. The molecular weight excluding hydrogens is 380 g/mol. The summed E-state index contributed by atoms with van der Waals surface area (Å²) in [4.78, 5) is 0. The smallest absolute Gasteiger partial charge is 0.147 e. The molecule has 100 valence electrons. The number of nitrogens with one attached hydrogen (secondary N) is 1. The van der Waals surface area contributed by atoms with E-state index in [2.05, 4.69) is 37.2 Å². The van der Waals surface area contributed by atoms with Gasteiger partial charge in [-0.2, -0.15) is 0 Å². The van der Waals surface area contributed by atoms with Crippen LogP contribution in [0.3, 0.4) is 0 Å². The molecule has 0 saturated carbocycles. The van der Waals surface area contributed by atoms with E-state index < -0.39 is 11.6 Å². The highest BCUT2D eigenvalue weighted by Crippen LogP contribution is 2.24. The summed E-state index contributed by atoms with van der Waals surface area (Å²) in [6.45, 7) is 2.42. The fourth-order valence-corrected chi connectivity index (χ4v) is 2.34. The van der Waals surface area contributed by atoms with Gasteiger partial charge in [-0.05, 0) is 46.1 Å². The van der Waals surface area contributed by atoms with Crippen molar-refractivity contribution in [3.8, 4) is 0 Å². The fraction of sp³-hybridized carbons (Fsp3) is 0.143. The minimum atomic E-state index is -0.492. The molecule has 1 N–H and O–H groups in total. The topological polar surface area (TPSA) is 12.0 Å². The quantitative estimate of drug-likeness (QED) is 0.691. The first-order valence-electron chi connectivity index (χ1n) is 5.61. The van der Waals surface area contributed by atoms with Crippen molar-refractivity contribution in [1.82, 2.24) is 0 Å². The van der Waals surface area contributed by atoms with E-state index in [1.807, 2.05) is 25.1 Å². The molecule has 0 aliphatic carbocycles. The Hall–Kier alpha value is -0.940. The molecule has 1 nitrogen and oxygen atoms in total. The third-order valence-electron chi connectivity index (χ3n) is 2.73. The van der Waals surface area contributed by atoms with E-state index in [0.29, 0.717) is 6.54 Å². The van der Waals surface area contributed by atoms with Crippen LogP contribution in [0, 0.1) is 18.6 Å². The van der Waals surface area contributed by atoms with E-state index in [-0.39, 0.29) is 10.2 Å². The maximum Gasteiger partial charge on any atom is 0.147 e. The molecule has 0 aliphatic rings.